The van der Waals surface area contributed by atoms with Gasteiger partial charge >= 0.3 is 0 Å². The molecule has 27 heavy (non-hydrogen) atoms. The SMILES string of the molecule is Cc1csc(C(=O)N2Cc3ncnn3CC(C(=O)Nc3ccccc3)C2)c1. The molecule has 0 saturated heterocycles. The van der Waals surface area contributed by atoms with E-state index in [9.17, 15) is 9.59 Å². The van der Waals surface area contributed by atoms with Crippen molar-refractivity contribution in [1.82, 2.24) is 19.7 Å². The highest BCUT2D eigenvalue weighted by Gasteiger charge is 2.31. The minimum atomic E-state index is -0.418. The van der Waals surface area contributed by atoms with Crippen LogP contribution >= 0.6 is 11.3 Å². The monoisotopic (exact) mass is 381 g/mol. The molecule has 0 spiro atoms. The summed E-state index contributed by atoms with van der Waals surface area (Å²) >= 11 is 1.42. The molecular weight excluding hydrogens is 362 g/mol. The molecule has 1 N–H and O–H groups in total. The third kappa shape index (κ3) is 3.75. The van der Waals surface area contributed by atoms with Gasteiger partial charge in [0.1, 0.15) is 12.2 Å². The first-order valence-corrected chi connectivity index (χ1v) is 9.55. The van der Waals surface area contributed by atoms with E-state index in [0.29, 0.717) is 30.3 Å². The molecule has 0 bridgehead atoms. The van der Waals surface area contributed by atoms with Gasteiger partial charge in [0.15, 0.2) is 0 Å². The number of anilines is 1. The Hall–Kier alpha value is -3.00. The van der Waals surface area contributed by atoms with Gasteiger partial charge in [-0.05, 0) is 36.1 Å². The van der Waals surface area contributed by atoms with Crippen LogP contribution in [0.5, 0.6) is 0 Å². The molecule has 138 valence electrons. The van der Waals surface area contributed by atoms with Crippen molar-refractivity contribution in [2.75, 3.05) is 11.9 Å². The Morgan fingerprint density at radius 2 is 2.04 bits per heavy atom. The predicted octanol–water partition coefficient (Wildman–Crippen LogP) is 2.56. The molecule has 3 heterocycles. The van der Waals surface area contributed by atoms with Crippen LogP contribution in [0.2, 0.25) is 0 Å². The molecule has 1 atom stereocenters. The molecule has 2 aromatic heterocycles. The van der Waals surface area contributed by atoms with Crippen LogP contribution in [0.25, 0.3) is 0 Å². The third-order valence-electron chi connectivity index (χ3n) is 4.50. The minimum absolute atomic E-state index is 0.0814. The van der Waals surface area contributed by atoms with Gasteiger partial charge in [0.2, 0.25) is 5.91 Å². The molecule has 2 amide bonds. The number of aromatic nitrogens is 3. The van der Waals surface area contributed by atoms with Crippen molar-refractivity contribution >= 4 is 28.8 Å². The average molecular weight is 381 g/mol. The summed E-state index contributed by atoms with van der Waals surface area (Å²) in [6.45, 7) is 3.01. The standard InChI is InChI=1S/C19H19N5O2S/c1-13-7-16(27-11-13)19(26)23-8-14(9-24-17(10-23)20-12-21-24)18(25)22-15-5-3-2-4-6-15/h2-7,11-12,14H,8-10H2,1H3,(H,22,25). The van der Waals surface area contributed by atoms with E-state index in [-0.39, 0.29) is 11.8 Å². The van der Waals surface area contributed by atoms with Gasteiger partial charge in [0.05, 0.1) is 23.9 Å². The Bertz CT molecular complexity index is 965. The number of aryl methyl sites for hydroxylation is 1. The highest BCUT2D eigenvalue weighted by atomic mass is 32.1. The van der Waals surface area contributed by atoms with Crippen LogP contribution in [0.15, 0.2) is 48.1 Å². The lowest BCUT2D eigenvalue weighted by Gasteiger charge is -2.23. The smallest absolute Gasteiger partial charge is 0.264 e. The number of nitrogens with zero attached hydrogens (tertiary/aromatic N) is 4. The molecule has 4 rings (SSSR count). The number of para-hydroxylation sites is 1. The molecule has 0 fully saturated rings. The zero-order valence-electron chi connectivity index (χ0n) is 14.8. The predicted molar refractivity (Wildman–Crippen MR) is 102 cm³/mol. The van der Waals surface area contributed by atoms with E-state index in [0.717, 1.165) is 11.3 Å². The van der Waals surface area contributed by atoms with Gasteiger partial charge in [0, 0.05) is 12.2 Å². The van der Waals surface area contributed by atoms with Crippen molar-refractivity contribution in [3.05, 3.63) is 64.4 Å². The van der Waals surface area contributed by atoms with E-state index in [1.807, 2.05) is 48.7 Å². The molecule has 3 aromatic rings. The summed E-state index contributed by atoms with van der Waals surface area (Å²) in [5, 5.41) is 9.10. The fourth-order valence-corrected chi connectivity index (χ4v) is 3.98. The van der Waals surface area contributed by atoms with Crippen LogP contribution in [0, 0.1) is 12.8 Å². The van der Waals surface area contributed by atoms with E-state index >= 15 is 0 Å². The molecule has 7 nitrogen and oxygen atoms in total. The lowest BCUT2D eigenvalue weighted by molar-refractivity contribution is -0.120. The largest absolute Gasteiger partial charge is 0.330 e. The number of thiophene rings is 1. The molecule has 1 aliphatic rings. The van der Waals surface area contributed by atoms with E-state index in [1.165, 1.54) is 17.7 Å². The van der Waals surface area contributed by atoms with E-state index < -0.39 is 5.92 Å². The summed E-state index contributed by atoms with van der Waals surface area (Å²) < 4.78 is 1.71. The zero-order valence-corrected chi connectivity index (χ0v) is 15.6. The molecule has 0 radical (unpaired) electrons. The van der Waals surface area contributed by atoms with Crippen LogP contribution in [0.1, 0.15) is 21.1 Å². The van der Waals surface area contributed by atoms with Crippen LogP contribution in [-0.4, -0.2) is 38.0 Å². The van der Waals surface area contributed by atoms with Gasteiger partial charge in [-0.15, -0.1) is 11.3 Å². The quantitative estimate of drug-likeness (QED) is 0.756. The Morgan fingerprint density at radius 1 is 1.22 bits per heavy atom. The van der Waals surface area contributed by atoms with Gasteiger partial charge in [-0.25, -0.2) is 9.67 Å². The number of carbonyl (C=O) groups is 2. The average Bonchev–Trinajstić information content (AvgIpc) is 3.25. The Balaban J connectivity index is 1.58. The molecule has 1 unspecified atom stereocenters. The molecular formula is C19H19N5O2S. The fraction of sp³-hybridized carbons (Fsp3) is 0.263. The summed E-state index contributed by atoms with van der Waals surface area (Å²) in [6.07, 6.45) is 1.46. The maximum absolute atomic E-state index is 13.0. The highest BCUT2D eigenvalue weighted by Crippen LogP contribution is 2.22. The minimum Gasteiger partial charge on any atom is -0.330 e. The van der Waals surface area contributed by atoms with Gasteiger partial charge in [-0.3, -0.25) is 9.59 Å². The molecule has 0 aliphatic carbocycles. The van der Waals surface area contributed by atoms with Crippen LogP contribution < -0.4 is 5.32 Å². The zero-order chi connectivity index (χ0) is 18.8. The molecule has 1 aromatic carbocycles. The van der Waals surface area contributed by atoms with E-state index in [2.05, 4.69) is 15.4 Å². The Labute approximate surface area is 160 Å². The normalized spacial score (nSPS) is 16.5. The number of benzene rings is 1. The van der Waals surface area contributed by atoms with Crippen molar-refractivity contribution in [1.29, 1.82) is 0 Å². The summed E-state index contributed by atoms with van der Waals surface area (Å²) in [6, 6.07) is 11.2. The number of carbonyl (C=O) groups excluding carboxylic acids is 2. The highest BCUT2D eigenvalue weighted by molar-refractivity contribution is 7.12. The summed E-state index contributed by atoms with van der Waals surface area (Å²) in [5.41, 5.74) is 1.79. The number of nitrogens with one attached hydrogen (secondary N) is 1. The van der Waals surface area contributed by atoms with Crippen molar-refractivity contribution in [2.45, 2.75) is 20.0 Å². The second-order valence-corrected chi connectivity index (χ2v) is 7.50. The Kier molecular flexibility index (Phi) is 4.72. The number of rotatable bonds is 3. The second kappa shape index (κ2) is 7.32. The Morgan fingerprint density at radius 3 is 2.78 bits per heavy atom. The number of hydrogen-bond acceptors (Lipinski definition) is 5. The van der Waals surface area contributed by atoms with Gasteiger partial charge < -0.3 is 10.2 Å². The molecule has 8 heteroatoms. The first kappa shape index (κ1) is 17.4. The van der Waals surface area contributed by atoms with Crippen LogP contribution in [0.3, 0.4) is 0 Å². The molecule has 0 saturated carbocycles. The second-order valence-electron chi connectivity index (χ2n) is 6.58. The lowest BCUT2D eigenvalue weighted by Crippen LogP contribution is -2.38. The third-order valence-corrected chi connectivity index (χ3v) is 5.54. The van der Waals surface area contributed by atoms with Crippen LogP contribution in [-0.2, 0) is 17.9 Å². The summed E-state index contributed by atoms with van der Waals surface area (Å²) in [5.74, 6) is 0.0524. The van der Waals surface area contributed by atoms with Gasteiger partial charge in [0.25, 0.3) is 5.91 Å². The fourth-order valence-electron chi connectivity index (χ4n) is 3.12. The van der Waals surface area contributed by atoms with Crippen molar-refractivity contribution < 1.29 is 9.59 Å². The van der Waals surface area contributed by atoms with Crippen LogP contribution in [0.4, 0.5) is 5.69 Å². The topological polar surface area (TPSA) is 80.1 Å². The summed E-state index contributed by atoms with van der Waals surface area (Å²) in [4.78, 5) is 32.4. The van der Waals surface area contributed by atoms with Gasteiger partial charge in [-0.1, -0.05) is 18.2 Å². The van der Waals surface area contributed by atoms with Gasteiger partial charge in [-0.2, -0.15) is 5.10 Å². The van der Waals surface area contributed by atoms with E-state index in [4.69, 9.17) is 0 Å². The van der Waals surface area contributed by atoms with E-state index in [1.54, 1.807) is 9.58 Å². The van der Waals surface area contributed by atoms with Crippen molar-refractivity contribution in [2.24, 2.45) is 5.92 Å². The van der Waals surface area contributed by atoms with Crippen molar-refractivity contribution in [3.8, 4) is 0 Å². The number of amides is 2. The maximum atomic E-state index is 13.0. The number of fused-ring (bicyclic) bond motifs is 1. The first-order valence-electron chi connectivity index (χ1n) is 8.67. The van der Waals surface area contributed by atoms with Crippen molar-refractivity contribution in [3.63, 3.8) is 0 Å². The maximum Gasteiger partial charge on any atom is 0.264 e. The molecule has 1 aliphatic heterocycles. The number of hydrogen-bond donors (Lipinski definition) is 1. The first-order chi connectivity index (χ1) is 13.1. The summed E-state index contributed by atoms with van der Waals surface area (Å²) in [7, 11) is 0. The lowest BCUT2D eigenvalue weighted by atomic mass is 10.1.